The highest BCUT2D eigenvalue weighted by Gasteiger charge is 2.24. The molecule has 24 heavy (non-hydrogen) atoms. The van der Waals surface area contributed by atoms with E-state index in [-0.39, 0.29) is 11.8 Å². The summed E-state index contributed by atoms with van der Waals surface area (Å²) >= 11 is 0. The Kier molecular flexibility index (Phi) is 4.55. The topological polar surface area (TPSA) is 66.4 Å². The Hall–Kier alpha value is -2.76. The number of nitrogens with zero attached hydrogens (tertiary/aromatic N) is 4. The molecular formula is C18H20N4O2. The molecule has 1 fully saturated rings. The van der Waals surface area contributed by atoms with Gasteiger partial charge in [-0.25, -0.2) is 9.97 Å². The molecule has 1 aliphatic rings. The summed E-state index contributed by atoms with van der Waals surface area (Å²) in [5, 5.41) is 0. The van der Waals surface area contributed by atoms with Crippen molar-refractivity contribution >= 4 is 11.8 Å². The van der Waals surface area contributed by atoms with Crippen LogP contribution < -0.4 is 0 Å². The number of piperazine rings is 1. The van der Waals surface area contributed by atoms with E-state index in [1.54, 1.807) is 22.9 Å². The SMILES string of the molecule is CC(=O)N1CCN(C(=O)c2cnc(-c3ccccc3)nc2C)CC1. The Labute approximate surface area is 141 Å². The van der Waals surface area contributed by atoms with Gasteiger partial charge < -0.3 is 9.80 Å². The zero-order chi connectivity index (χ0) is 17.1. The fourth-order valence-electron chi connectivity index (χ4n) is 2.80. The molecule has 2 amide bonds. The number of carbonyl (C=O) groups is 2. The van der Waals surface area contributed by atoms with Crippen LogP contribution in [-0.2, 0) is 4.79 Å². The van der Waals surface area contributed by atoms with E-state index in [0.717, 1.165) is 5.56 Å². The molecule has 3 rings (SSSR count). The number of benzene rings is 1. The quantitative estimate of drug-likeness (QED) is 0.844. The van der Waals surface area contributed by atoms with Crippen molar-refractivity contribution in [2.75, 3.05) is 26.2 Å². The number of aromatic nitrogens is 2. The van der Waals surface area contributed by atoms with Crippen LogP contribution in [0.2, 0.25) is 0 Å². The van der Waals surface area contributed by atoms with Crippen molar-refractivity contribution in [3.63, 3.8) is 0 Å². The van der Waals surface area contributed by atoms with E-state index >= 15 is 0 Å². The van der Waals surface area contributed by atoms with E-state index in [1.165, 1.54) is 0 Å². The van der Waals surface area contributed by atoms with Gasteiger partial charge in [-0.15, -0.1) is 0 Å². The molecule has 2 aromatic rings. The smallest absolute Gasteiger partial charge is 0.257 e. The number of rotatable bonds is 2. The standard InChI is InChI=1S/C18H20N4O2/c1-13-16(12-19-17(20-13)15-6-4-3-5-7-15)18(24)22-10-8-21(9-11-22)14(2)23/h3-7,12H,8-11H2,1-2H3. The Bertz CT molecular complexity index is 753. The average Bonchev–Trinajstić information content (AvgIpc) is 2.62. The third-order valence-electron chi connectivity index (χ3n) is 4.25. The van der Waals surface area contributed by atoms with Crippen molar-refractivity contribution in [1.82, 2.24) is 19.8 Å². The van der Waals surface area contributed by atoms with E-state index in [0.29, 0.717) is 43.3 Å². The van der Waals surface area contributed by atoms with Gasteiger partial charge in [-0.05, 0) is 6.92 Å². The minimum absolute atomic E-state index is 0.0498. The maximum Gasteiger partial charge on any atom is 0.257 e. The van der Waals surface area contributed by atoms with Gasteiger partial charge in [0.1, 0.15) is 0 Å². The van der Waals surface area contributed by atoms with Crippen molar-refractivity contribution in [3.05, 3.63) is 47.8 Å². The lowest BCUT2D eigenvalue weighted by Gasteiger charge is -2.34. The van der Waals surface area contributed by atoms with Crippen LogP contribution in [0, 0.1) is 6.92 Å². The molecule has 1 aromatic heterocycles. The molecule has 124 valence electrons. The van der Waals surface area contributed by atoms with E-state index in [2.05, 4.69) is 9.97 Å². The van der Waals surface area contributed by atoms with Crippen molar-refractivity contribution in [2.45, 2.75) is 13.8 Å². The Morgan fingerprint density at radius 1 is 1.00 bits per heavy atom. The molecule has 0 bridgehead atoms. The first-order valence-electron chi connectivity index (χ1n) is 8.00. The van der Waals surface area contributed by atoms with E-state index in [4.69, 9.17) is 0 Å². The lowest BCUT2D eigenvalue weighted by atomic mass is 10.1. The van der Waals surface area contributed by atoms with E-state index in [9.17, 15) is 9.59 Å². The van der Waals surface area contributed by atoms with E-state index in [1.807, 2.05) is 37.3 Å². The van der Waals surface area contributed by atoms with Crippen LogP contribution in [0.5, 0.6) is 0 Å². The lowest BCUT2D eigenvalue weighted by Crippen LogP contribution is -2.50. The van der Waals surface area contributed by atoms with Gasteiger partial charge in [0.15, 0.2) is 5.82 Å². The van der Waals surface area contributed by atoms with Crippen LogP contribution in [0.25, 0.3) is 11.4 Å². The molecule has 0 spiro atoms. The molecule has 0 saturated carbocycles. The average molecular weight is 324 g/mol. The first-order valence-corrected chi connectivity index (χ1v) is 8.00. The number of carbonyl (C=O) groups excluding carboxylic acids is 2. The van der Waals surface area contributed by atoms with Gasteiger partial charge in [0, 0.05) is 44.9 Å². The largest absolute Gasteiger partial charge is 0.339 e. The summed E-state index contributed by atoms with van der Waals surface area (Å²) < 4.78 is 0. The van der Waals surface area contributed by atoms with Crippen molar-refractivity contribution in [2.24, 2.45) is 0 Å². The molecule has 1 saturated heterocycles. The molecule has 0 unspecified atom stereocenters. The Morgan fingerprint density at radius 3 is 2.21 bits per heavy atom. The predicted octanol–water partition coefficient (Wildman–Crippen LogP) is 1.76. The second-order valence-corrected chi connectivity index (χ2v) is 5.86. The van der Waals surface area contributed by atoms with Gasteiger partial charge >= 0.3 is 0 Å². The minimum Gasteiger partial charge on any atom is -0.339 e. The van der Waals surface area contributed by atoms with Crippen LogP contribution in [0.15, 0.2) is 36.5 Å². The normalized spacial score (nSPS) is 14.6. The fourth-order valence-corrected chi connectivity index (χ4v) is 2.80. The number of aryl methyl sites for hydroxylation is 1. The second kappa shape index (κ2) is 6.78. The van der Waals surface area contributed by atoms with Gasteiger partial charge in [-0.2, -0.15) is 0 Å². The molecule has 2 heterocycles. The lowest BCUT2D eigenvalue weighted by molar-refractivity contribution is -0.130. The number of amides is 2. The van der Waals surface area contributed by atoms with E-state index < -0.39 is 0 Å². The van der Waals surface area contributed by atoms with Crippen LogP contribution in [0.1, 0.15) is 23.0 Å². The predicted molar refractivity (Wildman–Crippen MR) is 90.4 cm³/mol. The van der Waals surface area contributed by atoms with Crippen LogP contribution in [0.3, 0.4) is 0 Å². The third-order valence-corrected chi connectivity index (χ3v) is 4.25. The van der Waals surface area contributed by atoms with Gasteiger partial charge in [-0.3, -0.25) is 9.59 Å². The maximum atomic E-state index is 12.7. The molecule has 0 atom stereocenters. The molecule has 0 N–H and O–H groups in total. The summed E-state index contributed by atoms with van der Waals surface area (Å²) in [7, 11) is 0. The highest BCUT2D eigenvalue weighted by Crippen LogP contribution is 2.17. The number of hydrogen-bond donors (Lipinski definition) is 0. The van der Waals surface area contributed by atoms with Crippen molar-refractivity contribution in [3.8, 4) is 11.4 Å². The maximum absolute atomic E-state index is 12.7. The van der Waals surface area contributed by atoms with Crippen molar-refractivity contribution in [1.29, 1.82) is 0 Å². The highest BCUT2D eigenvalue weighted by atomic mass is 16.2. The zero-order valence-corrected chi connectivity index (χ0v) is 13.9. The van der Waals surface area contributed by atoms with Gasteiger partial charge in [0.2, 0.25) is 5.91 Å². The zero-order valence-electron chi connectivity index (χ0n) is 13.9. The van der Waals surface area contributed by atoms with Gasteiger partial charge in [0.25, 0.3) is 5.91 Å². The molecule has 0 aliphatic carbocycles. The summed E-state index contributed by atoms with van der Waals surface area (Å²) in [6.45, 7) is 5.60. The fraction of sp³-hybridized carbons (Fsp3) is 0.333. The summed E-state index contributed by atoms with van der Waals surface area (Å²) in [6.07, 6.45) is 1.60. The van der Waals surface area contributed by atoms with Gasteiger partial charge in [0.05, 0.1) is 11.3 Å². The molecule has 6 heteroatoms. The first kappa shape index (κ1) is 16.1. The Balaban J connectivity index is 1.75. The van der Waals surface area contributed by atoms with Gasteiger partial charge in [-0.1, -0.05) is 30.3 Å². The first-order chi connectivity index (χ1) is 11.6. The summed E-state index contributed by atoms with van der Waals surface area (Å²) in [5.74, 6) is 0.593. The Morgan fingerprint density at radius 2 is 1.62 bits per heavy atom. The molecule has 6 nitrogen and oxygen atoms in total. The second-order valence-electron chi connectivity index (χ2n) is 5.86. The van der Waals surface area contributed by atoms with Crippen molar-refractivity contribution < 1.29 is 9.59 Å². The summed E-state index contributed by atoms with van der Waals surface area (Å²) in [6, 6.07) is 9.69. The van der Waals surface area contributed by atoms with Crippen LogP contribution in [0.4, 0.5) is 0 Å². The van der Waals surface area contributed by atoms with Crippen LogP contribution in [-0.4, -0.2) is 57.8 Å². The number of hydrogen-bond acceptors (Lipinski definition) is 4. The molecular weight excluding hydrogens is 304 g/mol. The molecule has 1 aliphatic heterocycles. The summed E-state index contributed by atoms with van der Waals surface area (Å²) in [5.41, 5.74) is 2.11. The minimum atomic E-state index is -0.0738. The molecule has 0 radical (unpaired) electrons. The third kappa shape index (κ3) is 3.27. The highest BCUT2D eigenvalue weighted by molar-refractivity contribution is 5.95. The van der Waals surface area contributed by atoms with Crippen LogP contribution >= 0.6 is 0 Å². The molecule has 1 aromatic carbocycles. The summed E-state index contributed by atoms with van der Waals surface area (Å²) in [4.78, 5) is 36.4. The monoisotopic (exact) mass is 324 g/mol.